The molecule has 0 radical (unpaired) electrons. The van der Waals surface area contributed by atoms with Crippen LogP contribution < -0.4 is 4.72 Å². The van der Waals surface area contributed by atoms with Crippen molar-refractivity contribution in [3.05, 3.63) is 41.2 Å². The molecule has 1 N–H and O–H groups in total. The standard InChI is InChI=1S/C16H23N3O2S/c1-6-19-13(5)16(12(4)17-19)18-22(20,21)15-9-7-14(8-10-15)11(2)3/h7-11,18H,6H2,1-5H3. The summed E-state index contributed by atoms with van der Waals surface area (Å²) in [4.78, 5) is 0.264. The van der Waals surface area contributed by atoms with Gasteiger partial charge >= 0.3 is 0 Å². The molecular weight excluding hydrogens is 298 g/mol. The SMILES string of the molecule is CCn1nc(C)c(NS(=O)(=O)c2ccc(C(C)C)cc2)c1C. The number of aromatic nitrogens is 2. The van der Waals surface area contributed by atoms with Gasteiger partial charge in [0.15, 0.2) is 0 Å². The van der Waals surface area contributed by atoms with Crippen LogP contribution in [0.4, 0.5) is 5.69 Å². The number of nitrogens with zero attached hydrogens (tertiary/aromatic N) is 2. The van der Waals surface area contributed by atoms with E-state index in [0.717, 1.165) is 11.3 Å². The normalized spacial score (nSPS) is 11.9. The van der Waals surface area contributed by atoms with E-state index in [1.54, 1.807) is 23.7 Å². The molecule has 0 saturated carbocycles. The number of benzene rings is 1. The van der Waals surface area contributed by atoms with Gasteiger partial charge in [0.05, 0.1) is 22.0 Å². The molecule has 0 unspecified atom stereocenters. The van der Waals surface area contributed by atoms with Crippen LogP contribution in [0.25, 0.3) is 0 Å². The van der Waals surface area contributed by atoms with Gasteiger partial charge in [0.1, 0.15) is 0 Å². The van der Waals surface area contributed by atoms with Crippen LogP contribution in [0.3, 0.4) is 0 Å². The van der Waals surface area contributed by atoms with E-state index in [0.29, 0.717) is 23.8 Å². The minimum atomic E-state index is -3.60. The van der Waals surface area contributed by atoms with Gasteiger partial charge < -0.3 is 0 Å². The average molecular weight is 321 g/mol. The summed E-state index contributed by atoms with van der Waals surface area (Å²) < 4.78 is 29.5. The summed E-state index contributed by atoms with van der Waals surface area (Å²) >= 11 is 0. The molecule has 0 fully saturated rings. The summed E-state index contributed by atoms with van der Waals surface area (Å²) in [5.41, 5.74) is 3.18. The second-order valence-electron chi connectivity index (χ2n) is 5.69. The third-order valence-electron chi connectivity index (χ3n) is 3.77. The maximum Gasteiger partial charge on any atom is 0.262 e. The Labute approximate surface area is 132 Å². The van der Waals surface area contributed by atoms with Crippen molar-refractivity contribution in [1.82, 2.24) is 9.78 Å². The lowest BCUT2D eigenvalue weighted by Gasteiger charge is -2.10. The molecule has 120 valence electrons. The Bertz CT molecular complexity index is 759. The molecule has 5 nitrogen and oxygen atoms in total. The Morgan fingerprint density at radius 2 is 1.77 bits per heavy atom. The maximum atomic E-state index is 12.5. The molecule has 2 aromatic rings. The summed E-state index contributed by atoms with van der Waals surface area (Å²) in [5, 5.41) is 4.33. The number of anilines is 1. The highest BCUT2D eigenvalue weighted by Gasteiger charge is 2.19. The molecule has 2 rings (SSSR count). The van der Waals surface area contributed by atoms with Crippen molar-refractivity contribution in [2.45, 2.75) is 52.0 Å². The second-order valence-corrected chi connectivity index (χ2v) is 7.37. The van der Waals surface area contributed by atoms with Crippen molar-refractivity contribution in [3.63, 3.8) is 0 Å². The lowest BCUT2D eigenvalue weighted by molar-refractivity contribution is 0.601. The summed E-state index contributed by atoms with van der Waals surface area (Å²) in [7, 11) is -3.60. The first kappa shape index (κ1) is 16.5. The van der Waals surface area contributed by atoms with Crippen LogP contribution in [0.2, 0.25) is 0 Å². The van der Waals surface area contributed by atoms with Gasteiger partial charge in [0, 0.05) is 6.54 Å². The predicted octanol–water partition coefficient (Wildman–Crippen LogP) is 3.44. The van der Waals surface area contributed by atoms with Crippen LogP contribution in [-0.4, -0.2) is 18.2 Å². The van der Waals surface area contributed by atoms with Crippen LogP contribution in [0.15, 0.2) is 29.2 Å². The Morgan fingerprint density at radius 3 is 2.23 bits per heavy atom. The van der Waals surface area contributed by atoms with Gasteiger partial charge in [0.25, 0.3) is 10.0 Å². The monoisotopic (exact) mass is 321 g/mol. The molecule has 0 amide bonds. The smallest absolute Gasteiger partial charge is 0.262 e. The van der Waals surface area contributed by atoms with E-state index >= 15 is 0 Å². The summed E-state index contributed by atoms with van der Waals surface area (Å²) in [5.74, 6) is 0.372. The zero-order valence-corrected chi connectivity index (χ0v) is 14.5. The number of rotatable bonds is 5. The first-order valence-corrected chi connectivity index (χ1v) is 8.91. The third kappa shape index (κ3) is 3.16. The van der Waals surface area contributed by atoms with Crippen molar-refractivity contribution < 1.29 is 8.42 Å². The van der Waals surface area contributed by atoms with Crippen LogP contribution in [0, 0.1) is 13.8 Å². The zero-order chi connectivity index (χ0) is 16.5. The van der Waals surface area contributed by atoms with E-state index in [4.69, 9.17) is 0 Å². The van der Waals surface area contributed by atoms with Gasteiger partial charge in [-0.25, -0.2) is 8.42 Å². The molecule has 0 bridgehead atoms. The maximum absolute atomic E-state index is 12.5. The highest BCUT2D eigenvalue weighted by atomic mass is 32.2. The van der Waals surface area contributed by atoms with Crippen molar-refractivity contribution in [2.75, 3.05) is 4.72 Å². The number of nitrogens with one attached hydrogen (secondary N) is 1. The van der Waals surface area contributed by atoms with E-state index in [1.165, 1.54) is 0 Å². The van der Waals surface area contributed by atoms with E-state index in [9.17, 15) is 8.42 Å². The van der Waals surface area contributed by atoms with Crippen molar-refractivity contribution >= 4 is 15.7 Å². The topological polar surface area (TPSA) is 64.0 Å². The van der Waals surface area contributed by atoms with Gasteiger partial charge in [0.2, 0.25) is 0 Å². The lowest BCUT2D eigenvalue weighted by atomic mass is 10.0. The fraction of sp³-hybridized carbons (Fsp3) is 0.438. The third-order valence-corrected chi connectivity index (χ3v) is 5.14. The van der Waals surface area contributed by atoms with Crippen molar-refractivity contribution in [3.8, 4) is 0 Å². The lowest BCUT2D eigenvalue weighted by Crippen LogP contribution is -2.14. The van der Waals surface area contributed by atoms with Gasteiger partial charge in [-0.2, -0.15) is 5.10 Å². The summed E-state index contributed by atoms with van der Waals surface area (Å²) in [6.45, 7) is 10.5. The van der Waals surface area contributed by atoms with E-state index in [2.05, 4.69) is 23.7 Å². The first-order valence-electron chi connectivity index (χ1n) is 7.43. The van der Waals surface area contributed by atoms with E-state index in [1.807, 2.05) is 26.0 Å². The minimum Gasteiger partial charge on any atom is -0.276 e. The van der Waals surface area contributed by atoms with Crippen molar-refractivity contribution in [2.24, 2.45) is 0 Å². The summed E-state index contributed by atoms with van der Waals surface area (Å²) in [6, 6.07) is 7.00. The van der Waals surface area contributed by atoms with Crippen LogP contribution in [0.1, 0.15) is 43.6 Å². The highest BCUT2D eigenvalue weighted by molar-refractivity contribution is 7.92. The molecule has 0 atom stereocenters. The fourth-order valence-electron chi connectivity index (χ4n) is 2.38. The van der Waals surface area contributed by atoms with E-state index < -0.39 is 10.0 Å². The fourth-order valence-corrected chi connectivity index (χ4v) is 3.55. The number of sulfonamides is 1. The quantitative estimate of drug-likeness (QED) is 0.917. The Morgan fingerprint density at radius 1 is 1.18 bits per heavy atom. The molecule has 6 heteroatoms. The highest BCUT2D eigenvalue weighted by Crippen LogP contribution is 2.24. The molecule has 1 aromatic carbocycles. The number of aryl methyl sites for hydroxylation is 2. The molecule has 1 aromatic heterocycles. The Hall–Kier alpha value is -1.82. The predicted molar refractivity (Wildman–Crippen MR) is 88.7 cm³/mol. The van der Waals surface area contributed by atoms with E-state index in [-0.39, 0.29) is 4.90 Å². The molecular formula is C16H23N3O2S. The second kappa shape index (κ2) is 6.12. The average Bonchev–Trinajstić information content (AvgIpc) is 2.74. The summed E-state index contributed by atoms with van der Waals surface area (Å²) in [6.07, 6.45) is 0. The number of hydrogen-bond donors (Lipinski definition) is 1. The van der Waals surface area contributed by atoms with Gasteiger partial charge in [-0.15, -0.1) is 0 Å². The molecule has 0 spiro atoms. The Balaban J connectivity index is 2.34. The van der Waals surface area contributed by atoms with Crippen LogP contribution in [0.5, 0.6) is 0 Å². The van der Waals surface area contributed by atoms with Crippen molar-refractivity contribution in [1.29, 1.82) is 0 Å². The Kier molecular flexibility index (Phi) is 4.60. The van der Waals surface area contributed by atoms with Gasteiger partial charge in [-0.1, -0.05) is 26.0 Å². The molecule has 22 heavy (non-hydrogen) atoms. The molecule has 0 aliphatic rings. The molecule has 1 heterocycles. The molecule has 0 aliphatic heterocycles. The largest absolute Gasteiger partial charge is 0.276 e. The zero-order valence-electron chi connectivity index (χ0n) is 13.7. The van der Waals surface area contributed by atoms with Gasteiger partial charge in [-0.3, -0.25) is 9.40 Å². The van der Waals surface area contributed by atoms with Crippen LogP contribution >= 0.6 is 0 Å². The molecule has 0 aliphatic carbocycles. The molecule has 0 saturated heterocycles. The minimum absolute atomic E-state index is 0.264. The van der Waals surface area contributed by atoms with Gasteiger partial charge in [-0.05, 0) is 44.4 Å². The van der Waals surface area contributed by atoms with Crippen LogP contribution in [-0.2, 0) is 16.6 Å². The number of hydrogen-bond acceptors (Lipinski definition) is 3. The first-order chi connectivity index (χ1) is 10.3.